The number of fused-ring (bicyclic) bond motifs is 2. The Morgan fingerprint density at radius 2 is 1.71 bits per heavy atom. The molecule has 0 saturated carbocycles. The fourth-order valence-electron chi connectivity index (χ4n) is 6.44. The van der Waals surface area contributed by atoms with Gasteiger partial charge < -0.3 is 44.1 Å². The number of phosphoric ester groups is 1. The lowest BCUT2D eigenvalue weighted by Gasteiger charge is -2.19. The van der Waals surface area contributed by atoms with Crippen molar-refractivity contribution in [2.45, 2.75) is 25.2 Å². The van der Waals surface area contributed by atoms with Crippen LogP contribution in [0.5, 0.6) is 0 Å². The number of carbonyl (C=O) groups is 2. The average Bonchev–Trinajstić information content (AvgIpc) is 3.65. The fraction of sp³-hybridized carbons (Fsp3) is 0.270. The highest BCUT2D eigenvalue weighted by atomic mass is 31.3. The monoisotopic (exact) mass is 918 g/mol. The van der Waals surface area contributed by atoms with E-state index in [4.69, 9.17) is 18.9 Å². The van der Waals surface area contributed by atoms with Crippen LogP contribution in [0, 0.1) is 11.8 Å². The number of nitrogens with zero attached hydrogens (tertiary/aromatic N) is 3. The number of aromatic nitrogens is 2. The zero-order chi connectivity index (χ0) is 45.3. The Morgan fingerprint density at radius 1 is 0.968 bits per heavy atom. The average molecular weight is 919 g/mol. The summed E-state index contributed by atoms with van der Waals surface area (Å²) in [5.74, 6) is 3.88. The molecule has 2 unspecified atom stereocenters. The van der Waals surface area contributed by atoms with E-state index in [9.17, 15) is 47.8 Å². The molecule has 4 atom stereocenters. The highest BCUT2D eigenvalue weighted by Gasteiger charge is 2.41. The molecule has 22 nitrogen and oxygen atoms in total. The number of aromatic amines is 1. The van der Waals surface area contributed by atoms with Crippen LogP contribution >= 0.6 is 23.5 Å². The SMILES string of the molecule is CN(C)c1ccc2c(-c3cc(C(=O)NCC#Cc4cn([C@H]5CC[C@@H](COP(=O)(O)OP(=O)(O)OP(=O)(O)O)O5)c(=O)[nH]c4=O)ccc3C(=O)O)c3ccc(=[N+](C)C)cc-3oc2c1. The number of ether oxygens (including phenoxy) is 1. The van der Waals surface area contributed by atoms with E-state index < -0.39 is 65.5 Å². The lowest BCUT2D eigenvalue weighted by Crippen LogP contribution is -2.33. The van der Waals surface area contributed by atoms with E-state index >= 15 is 0 Å². The van der Waals surface area contributed by atoms with Crippen molar-refractivity contribution in [1.82, 2.24) is 19.4 Å². The maximum atomic E-state index is 13.5. The zero-order valence-corrected chi connectivity index (χ0v) is 35.8. The maximum absolute atomic E-state index is 13.5. The lowest BCUT2D eigenvalue weighted by atomic mass is 9.89. The number of nitrogens with one attached hydrogen (secondary N) is 2. The second kappa shape index (κ2) is 18.1. The van der Waals surface area contributed by atoms with E-state index in [1.54, 1.807) is 0 Å². The quantitative estimate of drug-likeness (QED) is 0.0386. The molecule has 1 aliphatic carbocycles. The van der Waals surface area contributed by atoms with Crippen LogP contribution in [0.4, 0.5) is 5.69 Å². The molecule has 1 aromatic heterocycles. The van der Waals surface area contributed by atoms with Gasteiger partial charge in [0.05, 0.1) is 30.9 Å². The van der Waals surface area contributed by atoms with E-state index in [-0.39, 0.29) is 41.6 Å². The van der Waals surface area contributed by atoms with Crippen molar-refractivity contribution < 1.29 is 70.3 Å². The largest absolute Gasteiger partial charge is 0.490 e. The van der Waals surface area contributed by atoms with Crippen molar-refractivity contribution in [3.63, 3.8) is 0 Å². The van der Waals surface area contributed by atoms with Gasteiger partial charge >= 0.3 is 35.1 Å². The molecule has 7 N–H and O–H groups in total. The van der Waals surface area contributed by atoms with Crippen LogP contribution in [-0.2, 0) is 31.6 Å². The predicted molar refractivity (Wildman–Crippen MR) is 220 cm³/mol. The number of anilines is 1. The molecule has 62 heavy (non-hydrogen) atoms. The van der Waals surface area contributed by atoms with Crippen molar-refractivity contribution in [3.8, 4) is 34.3 Å². The molecule has 3 aliphatic rings. The summed E-state index contributed by atoms with van der Waals surface area (Å²) in [5.41, 5.74) is 0.843. The number of rotatable bonds is 13. The molecule has 0 spiro atoms. The van der Waals surface area contributed by atoms with E-state index in [2.05, 4.69) is 35.3 Å². The van der Waals surface area contributed by atoms with Crippen molar-refractivity contribution in [2.24, 2.45) is 0 Å². The normalized spacial score (nSPS) is 17.2. The minimum atomic E-state index is -5.73. The van der Waals surface area contributed by atoms with Crippen LogP contribution in [0.15, 0.2) is 74.8 Å². The van der Waals surface area contributed by atoms with Crippen LogP contribution in [-0.4, -0.2) is 93.6 Å². The first-order valence-corrected chi connectivity index (χ1v) is 22.7. The Bertz CT molecular complexity index is 2980. The number of amides is 1. The first kappa shape index (κ1) is 46.0. The van der Waals surface area contributed by atoms with Crippen molar-refractivity contribution >= 4 is 52.0 Å². The molecule has 6 rings (SSSR count). The van der Waals surface area contributed by atoms with E-state index in [1.807, 2.05) is 74.1 Å². The van der Waals surface area contributed by atoms with Gasteiger partial charge in [0.15, 0.2) is 0 Å². The van der Waals surface area contributed by atoms with Gasteiger partial charge in [0.1, 0.15) is 37.2 Å². The smallest absolute Gasteiger partial charge is 0.478 e. The number of carboxylic acids is 1. The molecular formula is C37H39N5O17P3+. The fourth-order valence-corrected chi connectivity index (χ4v) is 9.49. The van der Waals surface area contributed by atoms with Gasteiger partial charge in [-0.1, -0.05) is 11.8 Å². The summed E-state index contributed by atoms with van der Waals surface area (Å²) in [6.07, 6.45) is -0.727. The van der Waals surface area contributed by atoms with E-state index in [0.717, 1.165) is 21.8 Å². The van der Waals surface area contributed by atoms with Gasteiger partial charge in [0, 0.05) is 60.2 Å². The van der Waals surface area contributed by atoms with Crippen molar-refractivity contribution in [3.05, 3.63) is 104 Å². The van der Waals surface area contributed by atoms with Crippen LogP contribution < -0.4 is 31.4 Å². The third-order valence-electron chi connectivity index (χ3n) is 9.27. The summed E-state index contributed by atoms with van der Waals surface area (Å²) in [6.45, 7) is -1.03. The first-order chi connectivity index (χ1) is 29.0. The van der Waals surface area contributed by atoms with Crippen LogP contribution in [0.1, 0.15) is 45.3 Å². The molecule has 25 heteroatoms. The molecule has 3 heterocycles. The van der Waals surface area contributed by atoms with Crippen LogP contribution in [0.2, 0.25) is 0 Å². The van der Waals surface area contributed by atoms with Gasteiger partial charge in [-0.2, -0.15) is 8.62 Å². The number of carboxylic acid groups (broad SMARTS) is 1. The second-order valence-corrected chi connectivity index (χ2v) is 18.5. The van der Waals surface area contributed by atoms with Gasteiger partial charge in [-0.05, 0) is 54.8 Å². The summed E-state index contributed by atoms with van der Waals surface area (Å²) in [6, 6.07) is 15.3. The number of H-pyrrole nitrogens is 1. The summed E-state index contributed by atoms with van der Waals surface area (Å²) in [7, 11) is -9.22. The number of hydrogen-bond donors (Lipinski definition) is 7. The Balaban J connectivity index is 1.20. The first-order valence-electron chi connectivity index (χ1n) is 18.1. The standard InChI is InChI=1S/C37H38N5O17P3/c1-40(2)23-8-12-27-30(17-23)57-31-18-24(41(3)4)9-13-28(31)33(27)29-16-21(7-11-26(29)36(45)46)34(43)38-15-5-6-22-19-42(37(47)39-35(22)44)32-14-10-25(56-32)20-55-61(51,52)59-62(53,54)58-60(48,49)50/h7-9,11-13,16-19,25,32H,10,14-15,20H2,1-4H3,(H6-,38,39,43,44,45,46,47,48,49,50,51,52,53,54)/p+1/t25-,32+/m0/s1. The topological polar surface area (TPSA) is 310 Å². The molecule has 0 bridgehead atoms. The zero-order valence-electron chi connectivity index (χ0n) is 33.1. The molecule has 2 aliphatic heterocycles. The molecule has 1 fully saturated rings. The summed E-state index contributed by atoms with van der Waals surface area (Å²) >= 11 is 0. The van der Waals surface area contributed by atoms with Crippen molar-refractivity contribution in [1.29, 1.82) is 0 Å². The maximum Gasteiger partial charge on any atom is 0.490 e. The Labute approximate surface area is 350 Å². The summed E-state index contributed by atoms with van der Waals surface area (Å²) < 4.78 is 61.4. The highest BCUT2D eigenvalue weighted by Crippen LogP contribution is 2.66. The Kier molecular flexibility index (Phi) is 13.4. The molecule has 1 amide bonds. The number of phosphoric acid groups is 3. The van der Waals surface area contributed by atoms with Gasteiger partial charge in [-0.15, -0.1) is 0 Å². The summed E-state index contributed by atoms with van der Waals surface area (Å²) in [4.78, 5) is 91.8. The molecule has 2 aromatic carbocycles. The number of carbonyl (C=O) groups excluding carboxylic acids is 1. The molecule has 0 radical (unpaired) electrons. The minimum Gasteiger partial charge on any atom is -0.478 e. The highest BCUT2D eigenvalue weighted by molar-refractivity contribution is 7.66. The summed E-state index contributed by atoms with van der Waals surface area (Å²) in [5, 5.41) is 14.4. The van der Waals surface area contributed by atoms with Gasteiger partial charge in [-0.3, -0.25) is 23.7 Å². The van der Waals surface area contributed by atoms with Crippen molar-refractivity contribution in [2.75, 3.05) is 46.2 Å². The lowest BCUT2D eigenvalue weighted by molar-refractivity contribution is -0.0243. The van der Waals surface area contributed by atoms with Gasteiger partial charge in [-0.25, -0.2) is 27.9 Å². The van der Waals surface area contributed by atoms with E-state index in [0.29, 0.717) is 27.9 Å². The number of aromatic carboxylic acids is 1. The third-order valence-corrected chi connectivity index (χ3v) is 13.1. The predicted octanol–water partition coefficient (Wildman–Crippen LogP) is 2.65. The van der Waals surface area contributed by atoms with Crippen LogP contribution in [0.3, 0.4) is 0 Å². The Hall–Kier alpha value is -5.52. The molecular weight excluding hydrogens is 879 g/mol. The van der Waals surface area contributed by atoms with Crippen LogP contribution in [0.25, 0.3) is 33.4 Å². The molecule has 328 valence electrons. The molecule has 1 saturated heterocycles. The van der Waals surface area contributed by atoms with Gasteiger partial charge in [0.2, 0.25) is 5.36 Å². The second-order valence-electron chi connectivity index (χ2n) is 14.1. The van der Waals surface area contributed by atoms with E-state index in [1.165, 1.54) is 18.2 Å². The molecule has 3 aromatic rings. The third kappa shape index (κ3) is 10.9. The van der Waals surface area contributed by atoms with Gasteiger partial charge in [0.25, 0.3) is 11.5 Å². The Morgan fingerprint density at radius 3 is 2.39 bits per heavy atom. The number of hydrogen-bond acceptors (Lipinski definition) is 13. The minimum absolute atomic E-state index is 0.0604. The number of benzene rings is 3.